The van der Waals surface area contributed by atoms with Gasteiger partial charge in [-0.15, -0.1) is 0 Å². The van der Waals surface area contributed by atoms with E-state index in [-0.39, 0.29) is 16.9 Å². The van der Waals surface area contributed by atoms with Crippen LogP contribution in [-0.4, -0.2) is 35.6 Å². The predicted molar refractivity (Wildman–Crippen MR) is 108 cm³/mol. The molecule has 0 aromatic heterocycles. The highest BCUT2D eigenvalue weighted by Gasteiger charge is 2.63. The first-order valence-electron chi connectivity index (χ1n) is 11.2. The molecule has 4 fully saturated rings. The van der Waals surface area contributed by atoms with Crippen LogP contribution in [0.5, 0.6) is 0 Å². The Morgan fingerprint density at radius 3 is 2.48 bits per heavy atom. The first-order chi connectivity index (χ1) is 12.6. The van der Waals surface area contributed by atoms with Crippen LogP contribution in [0.15, 0.2) is 12.2 Å². The van der Waals surface area contributed by atoms with Crippen molar-refractivity contribution in [2.24, 2.45) is 40.4 Å². The summed E-state index contributed by atoms with van der Waals surface area (Å²) in [7, 11) is 1.69. The third-order valence-corrected chi connectivity index (χ3v) is 9.76. The van der Waals surface area contributed by atoms with Crippen LogP contribution < -0.4 is 0 Å². The second-order valence-corrected chi connectivity index (χ2v) is 11.2. The van der Waals surface area contributed by atoms with E-state index in [1.807, 2.05) is 0 Å². The van der Waals surface area contributed by atoms with Crippen molar-refractivity contribution in [2.75, 3.05) is 13.7 Å². The number of hydrogen-bond donors (Lipinski definition) is 2. The van der Waals surface area contributed by atoms with Gasteiger partial charge < -0.3 is 14.9 Å². The van der Waals surface area contributed by atoms with E-state index in [0.29, 0.717) is 30.3 Å². The van der Waals surface area contributed by atoms with Crippen molar-refractivity contribution in [1.29, 1.82) is 0 Å². The average Bonchev–Trinajstić information content (AvgIpc) is 2.92. The van der Waals surface area contributed by atoms with Gasteiger partial charge in [0, 0.05) is 7.11 Å². The highest BCUT2D eigenvalue weighted by Crippen LogP contribution is 2.68. The predicted octanol–water partition coefficient (Wildman–Crippen LogP) is 4.57. The zero-order valence-electron chi connectivity index (χ0n) is 17.8. The maximum atomic E-state index is 11.4. The van der Waals surface area contributed by atoms with Crippen molar-refractivity contribution in [3.63, 3.8) is 0 Å². The van der Waals surface area contributed by atoms with Gasteiger partial charge in [-0.25, -0.2) is 0 Å². The van der Waals surface area contributed by atoms with Crippen LogP contribution in [0.4, 0.5) is 0 Å². The first kappa shape index (κ1) is 19.9. The number of hydrogen-bond acceptors (Lipinski definition) is 3. The molecule has 4 aliphatic carbocycles. The molecule has 154 valence electrons. The van der Waals surface area contributed by atoms with E-state index in [1.54, 1.807) is 7.11 Å². The molecular formula is C24H40O3. The lowest BCUT2D eigenvalue weighted by molar-refractivity contribution is -0.195. The highest BCUT2D eigenvalue weighted by molar-refractivity contribution is 5.17. The van der Waals surface area contributed by atoms with Gasteiger partial charge in [-0.1, -0.05) is 26.0 Å². The minimum Gasteiger partial charge on any atom is -0.393 e. The Morgan fingerprint density at radius 1 is 1.07 bits per heavy atom. The number of ether oxygens (including phenoxy) is 1. The van der Waals surface area contributed by atoms with Gasteiger partial charge in [0.05, 0.1) is 18.3 Å². The number of fused-ring (bicyclic) bond motifs is 5. The van der Waals surface area contributed by atoms with Gasteiger partial charge in [0.25, 0.3) is 0 Å². The number of methoxy groups -OCH3 is 1. The Labute approximate surface area is 165 Å². The Kier molecular flexibility index (Phi) is 4.85. The summed E-state index contributed by atoms with van der Waals surface area (Å²) in [5, 5.41) is 22.4. The summed E-state index contributed by atoms with van der Waals surface area (Å²) in [5.41, 5.74) is 1.03. The molecule has 4 aliphatic rings. The number of rotatable bonds is 3. The Balaban J connectivity index is 1.62. The summed E-state index contributed by atoms with van der Waals surface area (Å²) in [6, 6.07) is 0. The second-order valence-electron chi connectivity index (χ2n) is 11.2. The molecule has 3 nitrogen and oxygen atoms in total. The molecule has 0 aliphatic heterocycles. The molecule has 2 N–H and O–H groups in total. The standard InChI is InChI=1S/C24H40O3/c1-15(2)18-8-9-19-17-7-6-16-12-24(26,14-27-5)11-10-22(16,3)21(17)20(25)13-23(18,19)4/h16-21,25-26H,1,6-14H2,2-5H3/t16-,17+,18-,19+,20-,21-,22+,23-,24-/m1/s1. The average molecular weight is 377 g/mol. The van der Waals surface area contributed by atoms with Crippen LogP contribution in [-0.2, 0) is 4.74 Å². The van der Waals surface area contributed by atoms with Crippen LogP contribution in [0.3, 0.4) is 0 Å². The fraction of sp³-hybridized carbons (Fsp3) is 0.917. The van der Waals surface area contributed by atoms with E-state index in [1.165, 1.54) is 31.3 Å². The third-order valence-electron chi connectivity index (χ3n) is 9.76. The van der Waals surface area contributed by atoms with E-state index >= 15 is 0 Å². The fourth-order valence-corrected chi connectivity index (χ4v) is 8.66. The van der Waals surface area contributed by atoms with E-state index in [4.69, 9.17) is 4.74 Å². The minimum absolute atomic E-state index is 0.158. The van der Waals surface area contributed by atoms with Crippen LogP contribution in [0.25, 0.3) is 0 Å². The van der Waals surface area contributed by atoms with Crippen molar-refractivity contribution in [1.82, 2.24) is 0 Å². The molecule has 0 heterocycles. The van der Waals surface area contributed by atoms with Gasteiger partial charge in [0.15, 0.2) is 0 Å². The lowest BCUT2D eigenvalue weighted by atomic mass is 9.43. The van der Waals surface area contributed by atoms with Crippen molar-refractivity contribution in [2.45, 2.75) is 83.8 Å². The van der Waals surface area contributed by atoms with Gasteiger partial charge in [0.2, 0.25) is 0 Å². The van der Waals surface area contributed by atoms with E-state index in [9.17, 15) is 10.2 Å². The maximum Gasteiger partial charge on any atom is 0.0883 e. The summed E-state index contributed by atoms with van der Waals surface area (Å²) in [5.74, 6) is 2.83. The molecule has 3 heteroatoms. The van der Waals surface area contributed by atoms with Crippen LogP contribution in [0.1, 0.15) is 72.1 Å². The SMILES string of the molecule is C=C(C)[C@H]1CC[C@H]2[C@@H]3CC[C@@H]4C[C@@](O)(COC)CC[C@]4(C)[C@H]3[C@H](O)C[C@]12C. The molecule has 4 rings (SSSR count). The van der Waals surface area contributed by atoms with Gasteiger partial charge in [-0.2, -0.15) is 0 Å². The normalized spacial score (nSPS) is 54.7. The number of allylic oxidation sites excluding steroid dienone is 1. The summed E-state index contributed by atoms with van der Waals surface area (Å²) in [6.07, 6.45) is 8.34. The quantitative estimate of drug-likeness (QED) is 0.710. The molecule has 0 spiro atoms. The number of aliphatic hydroxyl groups excluding tert-OH is 1. The maximum absolute atomic E-state index is 11.4. The third kappa shape index (κ3) is 2.87. The topological polar surface area (TPSA) is 49.7 Å². The van der Waals surface area contributed by atoms with Crippen LogP contribution in [0.2, 0.25) is 0 Å². The van der Waals surface area contributed by atoms with Gasteiger partial charge in [-0.05, 0) is 98.7 Å². The van der Waals surface area contributed by atoms with E-state index in [0.717, 1.165) is 31.6 Å². The van der Waals surface area contributed by atoms with Crippen molar-refractivity contribution in [3.8, 4) is 0 Å². The smallest absolute Gasteiger partial charge is 0.0883 e. The van der Waals surface area contributed by atoms with Gasteiger partial charge in [-0.3, -0.25) is 0 Å². The molecule has 27 heavy (non-hydrogen) atoms. The van der Waals surface area contributed by atoms with Gasteiger partial charge >= 0.3 is 0 Å². The largest absolute Gasteiger partial charge is 0.393 e. The molecule has 0 saturated heterocycles. The molecule has 0 unspecified atom stereocenters. The lowest BCUT2D eigenvalue weighted by Crippen LogP contribution is -2.60. The zero-order chi connectivity index (χ0) is 19.6. The summed E-state index contributed by atoms with van der Waals surface area (Å²) < 4.78 is 5.32. The second kappa shape index (κ2) is 6.57. The van der Waals surface area contributed by atoms with Crippen LogP contribution in [0, 0.1) is 40.4 Å². The molecule has 4 saturated carbocycles. The molecule has 0 amide bonds. The molecular weight excluding hydrogens is 336 g/mol. The minimum atomic E-state index is -0.668. The van der Waals surface area contributed by atoms with Gasteiger partial charge in [0.1, 0.15) is 0 Å². The molecule has 0 radical (unpaired) electrons. The highest BCUT2D eigenvalue weighted by atomic mass is 16.5. The number of aliphatic hydroxyl groups is 2. The summed E-state index contributed by atoms with van der Waals surface area (Å²) in [4.78, 5) is 0. The molecule has 9 atom stereocenters. The Morgan fingerprint density at radius 2 is 1.81 bits per heavy atom. The van der Waals surface area contributed by atoms with Crippen molar-refractivity contribution in [3.05, 3.63) is 12.2 Å². The Bertz CT molecular complexity index is 602. The zero-order valence-corrected chi connectivity index (χ0v) is 17.8. The molecule has 0 aromatic carbocycles. The van der Waals surface area contributed by atoms with Crippen molar-refractivity contribution >= 4 is 0 Å². The summed E-state index contributed by atoms with van der Waals surface area (Å²) in [6.45, 7) is 11.8. The Hall–Kier alpha value is -0.380. The fourth-order valence-electron chi connectivity index (χ4n) is 8.66. The molecule has 0 aromatic rings. The summed E-state index contributed by atoms with van der Waals surface area (Å²) >= 11 is 0. The first-order valence-corrected chi connectivity index (χ1v) is 11.2. The van der Waals surface area contributed by atoms with Crippen molar-refractivity contribution < 1.29 is 14.9 Å². The van der Waals surface area contributed by atoms with Crippen LogP contribution >= 0.6 is 0 Å². The monoisotopic (exact) mass is 376 g/mol. The van der Waals surface area contributed by atoms with E-state index < -0.39 is 5.60 Å². The lowest BCUT2D eigenvalue weighted by Gasteiger charge is -2.63. The van der Waals surface area contributed by atoms with E-state index in [2.05, 4.69) is 27.4 Å². The molecule has 0 bridgehead atoms.